The Morgan fingerprint density at radius 3 is 2.55 bits per heavy atom. The van der Waals surface area contributed by atoms with Crippen LogP contribution in [0.5, 0.6) is 0 Å². The minimum absolute atomic E-state index is 0.0817. The van der Waals surface area contributed by atoms with Crippen molar-refractivity contribution in [2.45, 2.75) is 19.9 Å². The minimum atomic E-state index is -0.528. The predicted molar refractivity (Wildman–Crippen MR) is 129 cm³/mol. The summed E-state index contributed by atoms with van der Waals surface area (Å²) in [6.45, 7) is 2.31. The van der Waals surface area contributed by atoms with Crippen LogP contribution in [0.3, 0.4) is 0 Å². The third kappa shape index (κ3) is 4.33. The molecule has 0 fully saturated rings. The number of benzene rings is 1. The number of pyridine rings is 2. The third-order valence-corrected chi connectivity index (χ3v) is 5.90. The normalized spacial score (nSPS) is 10.8. The highest BCUT2D eigenvalue weighted by Crippen LogP contribution is 2.23. The number of amides is 2. The lowest BCUT2D eigenvalue weighted by Gasteiger charge is -2.15. The molecule has 4 rings (SSSR count). The molecule has 0 aliphatic carbocycles. The Bertz CT molecular complexity index is 1390. The summed E-state index contributed by atoms with van der Waals surface area (Å²) in [5.74, 6) is -0.586. The first-order valence-electron chi connectivity index (χ1n) is 10.3. The fourth-order valence-corrected chi connectivity index (χ4v) is 4.13. The molecule has 0 unspecified atom stereocenters. The first-order chi connectivity index (χ1) is 15.9. The lowest BCUT2D eigenvalue weighted by atomic mass is 10.1. The molecule has 0 saturated heterocycles. The van der Waals surface area contributed by atoms with E-state index in [2.05, 4.69) is 20.6 Å². The van der Waals surface area contributed by atoms with Crippen molar-refractivity contribution in [2.75, 3.05) is 18.1 Å². The van der Waals surface area contributed by atoms with Crippen LogP contribution in [0.1, 0.15) is 22.8 Å². The van der Waals surface area contributed by atoms with E-state index in [1.807, 2.05) is 31.2 Å². The number of rotatable bonds is 6. The molecular weight excluding hydrogens is 440 g/mol. The van der Waals surface area contributed by atoms with Crippen molar-refractivity contribution in [3.63, 3.8) is 0 Å². The second-order valence-corrected chi connectivity index (χ2v) is 8.13. The number of hydrogen-bond donors (Lipinski definition) is 3. The molecule has 4 N–H and O–H groups in total. The predicted octanol–water partition coefficient (Wildman–Crippen LogP) is 2.66. The summed E-state index contributed by atoms with van der Waals surface area (Å²) in [5, 5.41) is 7.91. The molecule has 168 valence electrons. The van der Waals surface area contributed by atoms with Crippen LogP contribution in [0.25, 0.3) is 22.3 Å². The Morgan fingerprint density at radius 2 is 1.91 bits per heavy atom. The fraction of sp³-hybridized carbons (Fsp3) is 0.174. The smallest absolute Gasteiger partial charge is 0.258 e. The van der Waals surface area contributed by atoms with Gasteiger partial charge in [-0.2, -0.15) is 0 Å². The van der Waals surface area contributed by atoms with Gasteiger partial charge in [-0.25, -0.2) is 9.97 Å². The lowest BCUT2D eigenvalue weighted by Crippen LogP contribution is -2.30. The SMILES string of the molecule is CCn1c(N)c(C(=O)NC)c(=O)c2ccc(-c3ccc(CC(=O)Nc4nccs4)cc3)nc21. The van der Waals surface area contributed by atoms with Crippen molar-refractivity contribution in [3.8, 4) is 11.3 Å². The lowest BCUT2D eigenvalue weighted by molar-refractivity contribution is -0.115. The number of aryl methyl sites for hydroxylation is 1. The second kappa shape index (κ2) is 9.21. The molecule has 0 radical (unpaired) electrons. The standard InChI is InChI=1S/C23H22N6O3S/c1-3-29-20(24)18(22(32)25-2)19(31)15-8-9-16(27-21(15)29)14-6-4-13(5-7-14)12-17(30)28-23-26-10-11-33-23/h4-11H,3,12,24H2,1-2H3,(H,25,32)(H,26,28,30). The van der Waals surface area contributed by atoms with Crippen molar-refractivity contribution in [1.29, 1.82) is 0 Å². The van der Waals surface area contributed by atoms with E-state index in [-0.39, 0.29) is 23.7 Å². The average molecular weight is 463 g/mol. The Hall–Kier alpha value is -4.05. The van der Waals surface area contributed by atoms with Gasteiger partial charge in [-0.1, -0.05) is 24.3 Å². The van der Waals surface area contributed by atoms with Crippen molar-refractivity contribution >= 4 is 45.1 Å². The number of nitrogens with zero attached hydrogens (tertiary/aromatic N) is 3. The molecule has 4 aromatic rings. The van der Waals surface area contributed by atoms with Gasteiger partial charge in [-0.05, 0) is 24.6 Å². The zero-order valence-corrected chi connectivity index (χ0v) is 18.9. The Morgan fingerprint density at radius 1 is 1.15 bits per heavy atom. The zero-order valence-electron chi connectivity index (χ0n) is 18.1. The summed E-state index contributed by atoms with van der Waals surface area (Å²) in [6.07, 6.45) is 1.86. The van der Waals surface area contributed by atoms with Gasteiger partial charge in [0, 0.05) is 30.7 Å². The van der Waals surface area contributed by atoms with Gasteiger partial charge in [-0.3, -0.25) is 14.4 Å². The quantitative estimate of drug-likeness (QED) is 0.404. The third-order valence-electron chi connectivity index (χ3n) is 5.21. The summed E-state index contributed by atoms with van der Waals surface area (Å²) in [5.41, 5.74) is 8.36. The summed E-state index contributed by atoms with van der Waals surface area (Å²) in [7, 11) is 1.45. The maximum absolute atomic E-state index is 12.9. The molecular formula is C23H22N6O3S. The van der Waals surface area contributed by atoms with Crippen molar-refractivity contribution in [2.24, 2.45) is 0 Å². The summed E-state index contributed by atoms with van der Waals surface area (Å²) in [6, 6.07) is 10.9. The number of nitrogens with two attached hydrogens (primary N) is 1. The maximum atomic E-state index is 12.9. The van der Waals surface area contributed by atoms with E-state index in [0.717, 1.165) is 11.1 Å². The zero-order chi connectivity index (χ0) is 23.5. The number of fused-ring (bicyclic) bond motifs is 1. The number of aromatic nitrogens is 3. The van der Waals surface area contributed by atoms with E-state index in [4.69, 9.17) is 5.73 Å². The summed E-state index contributed by atoms with van der Waals surface area (Å²) >= 11 is 1.36. The van der Waals surface area contributed by atoms with E-state index in [9.17, 15) is 14.4 Å². The van der Waals surface area contributed by atoms with E-state index in [1.165, 1.54) is 18.4 Å². The molecule has 0 saturated carbocycles. The van der Waals surface area contributed by atoms with Gasteiger partial charge < -0.3 is 20.9 Å². The van der Waals surface area contributed by atoms with Crippen LogP contribution in [-0.4, -0.2) is 33.4 Å². The Kier molecular flexibility index (Phi) is 6.18. The molecule has 0 spiro atoms. The van der Waals surface area contributed by atoms with Crippen LogP contribution in [0.15, 0.2) is 52.8 Å². The number of carbonyl (C=O) groups is 2. The molecule has 0 atom stereocenters. The maximum Gasteiger partial charge on any atom is 0.258 e. The number of thiazole rings is 1. The molecule has 9 nitrogen and oxygen atoms in total. The first kappa shape index (κ1) is 22.2. The van der Waals surface area contributed by atoms with Gasteiger partial charge in [-0.15, -0.1) is 11.3 Å². The Balaban J connectivity index is 1.65. The Labute approximate surface area is 193 Å². The summed E-state index contributed by atoms with van der Waals surface area (Å²) in [4.78, 5) is 46.0. The molecule has 2 amide bonds. The van der Waals surface area contributed by atoms with Gasteiger partial charge in [0.1, 0.15) is 17.0 Å². The molecule has 0 aliphatic heterocycles. The number of hydrogen-bond acceptors (Lipinski definition) is 7. The number of carbonyl (C=O) groups excluding carboxylic acids is 2. The molecule has 3 heterocycles. The molecule has 10 heteroatoms. The van der Waals surface area contributed by atoms with Crippen LogP contribution in [0.2, 0.25) is 0 Å². The summed E-state index contributed by atoms with van der Waals surface area (Å²) < 4.78 is 1.65. The van der Waals surface area contributed by atoms with Crippen molar-refractivity contribution in [3.05, 3.63) is 69.3 Å². The average Bonchev–Trinajstić information content (AvgIpc) is 3.32. The monoisotopic (exact) mass is 462 g/mol. The topological polar surface area (TPSA) is 132 Å². The van der Waals surface area contributed by atoms with Crippen molar-refractivity contribution in [1.82, 2.24) is 19.9 Å². The molecule has 0 aliphatic rings. The number of nitrogen functional groups attached to an aromatic ring is 1. The largest absolute Gasteiger partial charge is 0.384 e. The van der Waals surface area contributed by atoms with Crippen LogP contribution >= 0.6 is 11.3 Å². The fourth-order valence-electron chi connectivity index (χ4n) is 3.58. The molecule has 3 aromatic heterocycles. The van der Waals surface area contributed by atoms with E-state index >= 15 is 0 Å². The number of nitrogens with one attached hydrogen (secondary N) is 2. The highest BCUT2D eigenvalue weighted by molar-refractivity contribution is 7.13. The van der Waals surface area contributed by atoms with Gasteiger partial charge in [0.2, 0.25) is 11.3 Å². The minimum Gasteiger partial charge on any atom is -0.384 e. The van der Waals surface area contributed by atoms with Crippen molar-refractivity contribution < 1.29 is 9.59 Å². The molecule has 33 heavy (non-hydrogen) atoms. The van der Waals surface area contributed by atoms with Gasteiger partial charge in [0.05, 0.1) is 17.5 Å². The van der Waals surface area contributed by atoms with Crippen LogP contribution in [0, 0.1) is 0 Å². The molecule has 1 aromatic carbocycles. The van der Waals surface area contributed by atoms with Gasteiger partial charge in [0.25, 0.3) is 5.91 Å². The van der Waals surface area contributed by atoms with Gasteiger partial charge >= 0.3 is 0 Å². The van der Waals surface area contributed by atoms with E-state index < -0.39 is 11.3 Å². The highest BCUT2D eigenvalue weighted by Gasteiger charge is 2.20. The van der Waals surface area contributed by atoms with Crippen LogP contribution < -0.4 is 21.8 Å². The van der Waals surface area contributed by atoms with Crippen LogP contribution in [0.4, 0.5) is 10.9 Å². The van der Waals surface area contributed by atoms with E-state index in [0.29, 0.717) is 28.4 Å². The number of anilines is 2. The molecule has 0 bridgehead atoms. The van der Waals surface area contributed by atoms with Crippen LogP contribution in [-0.2, 0) is 17.8 Å². The first-order valence-corrected chi connectivity index (χ1v) is 11.1. The highest BCUT2D eigenvalue weighted by atomic mass is 32.1. The van der Waals surface area contributed by atoms with E-state index in [1.54, 1.807) is 28.3 Å². The van der Waals surface area contributed by atoms with Gasteiger partial charge in [0.15, 0.2) is 5.13 Å². The second-order valence-electron chi connectivity index (χ2n) is 7.24.